The Morgan fingerprint density at radius 2 is 1.84 bits per heavy atom. The van der Waals surface area contributed by atoms with Gasteiger partial charge in [-0.25, -0.2) is 14.8 Å². The van der Waals surface area contributed by atoms with Gasteiger partial charge in [0.1, 0.15) is 11.1 Å². The van der Waals surface area contributed by atoms with Crippen LogP contribution in [0.3, 0.4) is 0 Å². The number of ether oxygens (including phenoxy) is 1. The van der Waals surface area contributed by atoms with Gasteiger partial charge in [-0.15, -0.1) is 11.8 Å². The molecule has 7 nitrogen and oxygen atoms in total. The van der Waals surface area contributed by atoms with Gasteiger partial charge < -0.3 is 9.15 Å². The van der Waals surface area contributed by atoms with Gasteiger partial charge in [-0.2, -0.15) is 4.98 Å². The van der Waals surface area contributed by atoms with Crippen molar-refractivity contribution in [3.05, 3.63) is 71.0 Å². The van der Waals surface area contributed by atoms with E-state index in [0.717, 1.165) is 10.4 Å². The maximum Gasteiger partial charge on any atom is 0.341 e. The lowest BCUT2D eigenvalue weighted by molar-refractivity contribution is 0.0523. The lowest BCUT2D eigenvalue weighted by Gasteiger charge is -2.12. The molecule has 0 saturated carbocycles. The van der Waals surface area contributed by atoms with Crippen LogP contribution >= 0.6 is 11.8 Å². The number of para-hydroxylation sites is 2. The Hall–Kier alpha value is -3.39. The van der Waals surface area contributed by atoms with Gasteiger partial charge in [0.2, 0.25) is 5.95 Å². The summed E-state index contributed by atoms with van der Waals surface area (Å²) < 4.78 is 10.9. The zero-order valence-corrected chi connectivity index (χ0v) is 18.3. The Morgan fingerprint density at radius 1 is 1.06 bits per heavy atom. The third-order valence-corrected chi connectivity index (χ3v) is 5.58. The van der Waals surface area contributed by atoms with Crippen molar-refractivity contribution in [1.82, 2.24) is 15.0 Å². The van der Waals surface area contributed by atoms with Gasteiger partial charge >= 0.3 is 12.0 Å². The monoisotopic (exact) mass is 434 g/mol. The lowest BCUT2D eigenvalue weighted by atomic mass is 10.2. The summed E-state index contributed by atoms with van der Waals surface area (Å²) in [4.78, 5) is 27.1. The molecule has 0 aliphatic carbocycles. The average Bonchev–Trinajstić information content (AvgIpc) is 3.15. The third kappa shape index (κ3) is 4.86. The Bertz CT molecular complexity index is 1190. The van der Waals surface area contributed by atoms with E-state index in [0.29, 0.717) is 40.3 Å². The smallest absolute Gasteiger partial charge is 0.341 e. The van der Waals surface area contributed by atoms with E-state index in [4.69, 9.17) is 9.15 Å². The van der Waals surface area contributed by atoms with Crippen LogP contribution in [-0.4, -0.2) is 27.5 Å². The highest BCUT2D eigenvalue weighted by Gasteiger charge is 2.21. The van der Waals surface area contributed by atoms with Gasteiger partial charge in [0.15, 0.2) is 5.58 Å². The maximum absolute atomic E-state index is 12.6. The molecule has 0 atom stereocenters. The number of carbonyl (C=O) groups excluding carboxylic acids is 1. The molecule has 4 aromatic rings. The normalized spacial score (nSPS) is 10.9. The van der Waals surface area contributed by atoms with E-state index in [2.05, 4.69) is 44.5 Å². The van der Waals surface area contributed by atoms with Crippen LogP contribution in [0, 0.1) is 13.8 Å². The molecule has 1 N–H and O–H groups in total. The van der Waals surface area contributed by atoms with Crippen LogP contribution in [0.2, 0.25) is 0 Å². The number of benzene rings is 2. The number of oxazole rings is 1. The third-order valence-electron chi connectivity index (χ3n) is 4.55. The van der Waals surface area contributed by atoms with Crippen molar-refractivity contribution in [1.29, 1.82) is 0 Å². The van der Waals surface area contributed by atoms with Crippen molar-refractivity contribution in [2.45, 2.75) is 31.4 Å². The summed E-state index contributed by atoms with van der Waals surface area (Å²) in [5.41, 5.74) is 4.12. The molecule has 0 saturated heterocycles. The van der Waals surface area contributed by atoms with Gasteiger partial charge in [-0.3, -0.25) is 5.32 Å². The molecule has 2 heterocycles. The summed E-state index contributed by atoms with van der Waals surface area (Å²) in [6.45, 7) is 5.88. The Kier molecular flexibility index (Phi) is 6.18. The molecule has 0 spiro atoms. The van der Waals surface area contributed by atoms with Crippen molar-refractivity contribution >= 4 is 40.8 Å². The van der Waals surface area contributed by atoms with Crippen molar-refractivity contribution in [2.75, 3.05) is 11.9 Å². The number of rotatable bonds is 7. The number of anilines is 2. The molecule has 2 aromatic carbocycles. The van der Waals surface area contributed by atoms with Gasteiger partial charge in [0, 0.05) is 10.6 Å². The average molecular weight is 435 g/mol. The van der Waals surface area contributed by atoms with Crippen LogP contribution in [-0.2, 0) is 10.5 Å². The number of carbonyl (C=O) groups is 1. The van der Waals surface area contributed by atoms with E-state index >= 15 is 0 Å². The van der Waals surface area contributed by atoms with E-state index in [1.54, 1.807) is 25.6 Å². The summed E-state index contributed by atoms with van der Waals surface area (Å²) in [6.07, 6.45) is 0. The fraction of sp³-hybridized carbons (Fsp3) is 0.217. The van der Waals surface area contributed by atoms with Gasteiger partial charge in [-0.05, 0) is 45.0 Å². The molecule has 0 aliphatic heterocycles. The number of aryl methyl sites for hydroxylation is 2. The van der Waals surface area contributed by atoms with Crippen LogP contribution in [0.25, 0.3) is 11.1 Å². The minimum Gasteiger partial charge on any atom is -0.462 e. The SMILES string of the molecule is CCOC(=O)c1c(C)nc(Nc2nc3ccccc3o2)nc1CSc1ccc(C)cc1. The highest BCUT2D eigenvalue weighted by Crippen LogP contribution is 2.27. The largest absolute Gasteiger partial charge is 0.462 e. The van der Waals surface area contributed by atoms with Gasteiger partial charge in [-0.1, -0.05) is 29.8 Å². The summed E-state index contributed by atoms with van der Waals surface area (Å²) >= 11 is 1.59. The second kappa shape index (κ2) is 9.18. The first kappa shape index (κ1) is 20.9. The molecule has 2 aromatic heterocycles. The maximum atomic E-state index is 12.6. The van der Waals surface area contributed by atoms with Crippen LogP contribution in [0.5, 0.6) is 0 Å². The van der Waals surface area contributed by atoms with Crippen LogP contribution in [0.4, 0.5) is 12.0 Å². The Labute approximate surface area is 184 Å². The number of fused-ring (bicyclic) bond motifs is 1. The number of hydrogen-bond donors (Lipinski definition) is 1. The highest BCUT2D eigenvalue weighted by molar-refractivity contribution is 7.98. The topological polar surface area (TPSA) is 90.1 Å². The minimum atomic E-state index is -0.423. The molecule has 0 unspecified atom stereocenters. The lowest BCUT2D eigenvalue weighted by Crippen LogP contribution is -2.14. The van der Waals surface area contributed by atoms with Crippen molar-refractivity contribution < 1.29 is 13.9 Å². The summed E-state index contributed by atoms with van der Waals surface area (Å²) in [5, 5.41) is 3.02. The van der Waals surface area contributed by atoms with Crippen LogP contribution in [0.1, 0.15) is 34.2 Å². The number of nitrogens with one attached hydrogen (secondary N) is 1. The first-order valence-corrected chi connectivity index (χ1v) is 10.9. The van der Waals surface area contributed by atoms with E-state index < -0.39 is 5.97 Å². The van der Waals surface area contributed by atoms with E-state index in [1.807, 2.05) is 31.2 Å². The number of aromatic nitrogens is 3. The fourth-order valence-electron chi connectivity index (χ4n) is 3.07. The first-order valence-electron chi connectivity index (χ1n) is 9.90. The fourth-order valence-corrected chi connectivity index (χ4v) is 3.91. The number of esters is 1. The number of thioether (sulfide) groups is 1. The summed E-state index contributed by atoms with van der Waals surface area (Å²) in [6, 6.07) is 16.0. The van der Waals surface area contributed by atoms with Crippen molar-refractivity contribution in [2.24, 2.45) is 0 Å². The number of hydrogen-bond acceptors (Lipinski definition) is 8. The highest BCUT2D eigenvalue weighted by atomic mass is 32.2. The predicted molar refractivity (Wildman–Crippen MR) is 121 cm³/mol. The van der Waals surface area contributed by atoms with Gasteiger partial charge in [0.25, 0.3) is 0 Å². The molecule has 31 heavy (non-hydrogen) atoms. The molecule has 8 heteroatoms. The number of nitrogens with zero attached hydrogens (tertiary/aromatic N) is 3. The van der Waals surface area contributed by atoms with E-state index in [1.165, 1.54) is 5.56 Å². The summed E-state index contributed by atoms with van der Waals surface area (Å²) in [7, 11) is 0. The second-order valence-corrected chi connectivity index (χ2v) is 7.94. The molecule has 158 valence electrons. The van der Waals surface area contributed by atoms with Crippen molar-refractivity contribution in [3.63, 3.8) is 0 Å². The summed E-state index contributed by atoms with van der Waals surface area (Å²) in [5.74, 6) is 0.382. The Balaban J connectivity index is 1.64. The zero-order valence-electron chi connectivity index (χ0n) is 17.5. The standard InChI is InChI=1S/C23H22N4O3S/c1-4-29-21(28)20-15(3)24-22(27-23-26-17-7-5-6-8-19(17)30-23)25-18(20)13-31-16-11-9-14(2)10-12-16/h5-12H,4,13H2,1-3H3,(H,24,25,26,27). The van der Waals surface area contributed by atoms with E-state index in [-0.39, 0.29) is 6.61 Å². The van der Waals surface area contributed by atoms with Crippen molar-refractivity contribution in [3.8, 4) is 0 Å². The van der Waals surface area contributed by atoms with E-state index in [9.17, 15) is 4.79 Å². The first-order chi connectivity index (χ1) is 15.0. The zero-order chi connectivity index (χ0) is 21.8. The molecule has 0 amide bonds. The minimum absolute atomic E-state index is 0.283. The van der Waals surface area contributed by atoms with Crippen LogP contribution in [0.15, 0.2) is 57.8 Å². The molecule has 0 radical (unpaired) electrons. The van der Waals surface area contributed by atoms with Gasteiger partial charge in [0.05, 0.1) is 18.0 Å². The molecule has 4 rings (SSSR count). The molecule has 0 bridgehead atoms. The Morgan fingerprint density at radius 3 is 2.58 bits per heavy atom. The molecular weight excluding hydrogens is 412 g/mol. The quantitative estimate of drug-likeness (QED) is 0.303. The predicted octanol–water partition coefficient (Wildman–Crippen LogP) is 5.45. The second-order valence-electron chi connectivity index (χ2n) is 6.89. The molecule has 0 fully saturated rings. The molecular formula is C23H22N4O3S. The molecule has 0 aliphatic rings. The van der Waals surface area contributed by atoms with Crippen LogP contribution < -0.4 is 5.32 Å².